The Balaban J connectivity index is 2.41. The molecule has 3 nitrogen and oxygen atoms in total. The van der Waals surface area contributed by atoms with Gasteiger partial charge in [-0.25, -0.2) is 0 Å². The van der Waals surface area contributed by atoms with Crippen molar-refractivity contribution in [2.24, 2.45) is 0 Å². The molecule has 0 heterocycles. The van der Waals surface area contributed by atoms with Crippen LogP contribution in [0.4, 0.5) is 39.5 Å². The Bertz CT molecular complexity index is 946. The molecule has 0 aliphatic heterocycles. The lowest BCUT2D eigenvalue weighted by molar-refractivity contribution is -0.143. The third kappa shape index (κ3) is 6.67. The lowest BCUT2D eigenvalue weighted by Gasteiger charge is -2.21. The first kappa shape index (κ1) is 24.6. The van der Waals surface area contributed by atoms with Gasteiger partial charge in [0.05, 0.1) is 29.8 Å². The fourth-order valence-electron chi connectivity index (χ4n) is 2.55. The van der Waals surface area contributed by atoms with Crippen LogP contribution in [0.5, 0.6) is 0 Å². The van der Waals surface area contributed by atoms with Crippen molar-refractivity contribution in [2.45, 2.75) is 31.6 Å². The first-order valence-electron chi connectivity index (χ1n) is 8.06. The van der Waals surface area contributed by atoms with Crippen LogP contribution in [0.2, 0.25) is 5.02 Å². The Morgan fingerprint density at radius 2 is 1.29 bits per heavy atom. The van der Waals surface area contributed by atoms with Gasteiger partial charge in [-0.15, -0.1) is 10.3 Å². The van der Waals surface area contributed by atoms with E-state index in [-0.39, 0.29) is 16.7 Å². The first-order valence-corrected chi connectivity index (χ1v) is 8.44. The summed E-state index contributed by atoms with van der Waals surface area (Å²) in [6, 6.07) is 2.97. The maximum atomic E-state index is 13.0. The van der Waals surface area contributed by atoms with Gasteiger partial charge in [-0.3, -0.25) is 0 Å². The van der Waals surface area contributed by atoms with E-state index in [9.17, 15) is 39.5 Å². The van der Waals surface area contributed by atoms with Crippen molar-refractivity contribution in [3.63, 3.8) is 0 Å². The molecule has 0 aliphatic carbocycles. The molecule has 31 heavy (non-hydrogen) atoms. The second-order valence-corrected chi connectivity index (χ2v) is 6.61. The molecule has 168 valence electrons. The molecule has 2 aromatic rings. The third-order valence-electron chi connectivity index (χ3n) is 3.90. The number of hydrogen-bond donors (Lipinski definition) is 0. The topological polar surface area (TPSA) is 36.3 Å². The molecular formula is C18H10ClF9N2O. The smallest absolute Gasteiger partial charge is 0.327 e. The van der Waals surface area contributed by atoms with Gasteiger partial charge < -0.3 is 4.84 Å². The maximum absolute atomic E-state index is 13.0. The Morgan fingerprint density at radius 3 is 1.74 bits per heavy atom. The van der Waals surface area contributed by atoms with E-state index >= 15 is 0 Å². The van der Waals surface area contributed by atoms with E-state index in [1.165, 1.54) is 6.26 Å². The summed E-state index contributed by atoms with van der Waals surface area (Å²) in [5, 5.41) is 9.13. The zero-order valence-corrected chi connectivity index (χ0v) is 15.7. The van der Waals surface area contributed by atoms with Crippen molar-refractivity contribution >= 4 is 11.6 Å². The molecule has 2 aromatic carbocycles. The lowest BCUT2D eigenvalue weighted by Crippen LogP contribution is -2.23. The molecule has 0 radical (unpaired) electrons. The molecule has 2 rings (SSSR count). The Morgan fingerprint density at radius 1 is 0.774 bits per heavy atom. The van der Waals surface area contributed by atoms with Gasteiger partial charge in [0.1, 0.15) is 0 Å². The number of nitrogens with zero attached hydrogens (tertiary/aromatic N) is 2. The standard InChI is InChI=1S/C18H10ClF9N2O/c19-15-2-1-12(16(20,21)22)5-11(15)8-30(31-9-29)7-10-3-13(17(23,24)25)6-14(4-10)18(26,27)28/h1-6H,7-8H2. The van der Waals surface area contributed by atoms with E-state index in [0.717, 1.165) is 6.07 Å². The minimum atomic E-state index is -5.10. The van der Waals surface area contributed by atoms with Crippen LogP contribution in [0.1, 0.15) is 27.8 Å². The third-order valence-corrected chi connectivity index (χ3v) is 4.26. The van der Waals surface area contributed by atoms with Crippen molar-refractivity contribution in [3.05, 3.63) is 69.2 Å². The Kier molecular flexibility index (Phi) is 7.02. The van der Waals surface area contributed by atoms with Gasteiger partial charge in [0.25, 0.3) is 0 Å². The molecule has 0 unspecified atom stereocenters. The molecule has 13 heteroatoms. The van der Waals surface area contributed by atoms with E-state index < -0.39 is 53.9 Å². The van der Waals surface area contributed by atoms with Crippen molar-refractivity contribution in [1.29, 1.82) is 5.26 Å². The highest BCUT2D eigenvalue weighted by atomic mass is 35.5. The number of alkyl halides is 9. The summed E-state index contributed by atoms with van der Waals surface area (Å²) in [5.41, 5.74) is -5.03. The van der Waals surface area contributed by atoms with Crippen LogP contribution in [0.3, 0.4) is 0 Å². The summed E-state index contributed by atoms with van der Waals surface area (Å²) in [6.07, 6.45) is -13.7. The van der Waals surface area contributed by atoms with Crippen LogP contribution in [0, 0.1) is 11.5 Å². The van der Waals surface area contributed by atoms with Gasteiger partial charge in [0, 0.05) is 5.02 Å². The van der Waals surface area contributed by atoms with Gasteiger partial charge in [-0.1, -0.05) is 11.6 Å². The van der Waals surface area contributed by atoms with Gasteiger partial charge >= 0.3 is 24.8 Å². The van der Waals surface area contributed by atoms with E-state index in [1.807, 2.05) is 0 Å². The summed E-state index contributed by atoms with van der Waals surface area (Å²) in [7, 11) is 0. The maximum Gasteiger partial charge on any atom is 0.416 e. The SMILES string of the molecule is N#CON(Cc1cc(C(F)(F)F)cc(C(F)(F)F)c1)Cc1cc(C(F)(F)F)ccc1Cl. The van der Waals surface area contributed by atoms with Gasteiger partial charge in [-0.2, -0.15) is 39.5 Å². The van der Waals surface area contributed by atoms with Crippen molar-refractivity contribution in [2.75, 3.05) is 0 Å². The fourth-order valence-corrected chi connectivity index (χ4v) is 2.73. The summed E-state index contributed by atoms with van der Waals surface area (Å²) in [4.78, 5) is 4.52. The zero-order chi connectivity index (χ0) is 23.6. The summed E-state index contributed by atoms with van der Waals surface area (Å²) >= 11 is 5.83. The van der Waals surface area contributed by atoms with Crippen LogP contribution >= 0.6 is 11.6 Å². The highest BCUT2D eigenvalue weighted by Crippen LogP contribution is 2.37. The fraction of sp³-hybridized carbons (Fsp3) is 0.278. The highest BCUT2D eigenvalue weighted by molar-refractivity contribution is 6.31. The number of hydroxylamine groups is 2. The molecule has 0 saturated heterocycles. The molecule has 0 spiro atoms. The Labute approximate surface area is 174 Å². The summed E-state index contributed by atoms with van der Waals surface area (Å²) in [6.45, 7) is -1.42. The number of hydrogen-bond acceptors (Lipinski definition) is 3. The number of rotatable bonds is 5. The molecule has 0 saturated carbocycles. The summed E-state index contributed by atoms with van der Waals surface area (Å²) < 4.78 is 117. The first-order chi connectivity index (χ1) is 14.1. The van der Waals surface area contributed by atoms with Crippen LogP contribution in [0.15, 0.2) is 36.4 Å². The van der Waals surface area contributed by atoms with Crippen molar-refractivity contribution in [3.8, 4) is 6.26 Å². The monoisotopic (exact) mass is 476 g/mol. The van der Waals surface area contributed by atoms with Gasteiger partial charge in [0.15, 0.2) is 0 Å². The number of halogens is 10. The average Bonchev–Trinajstić information content (AvgIpc) is 2.61. The van der Waals surface area contributed by atoms with Crippen molar-refractivity contribution < 1.29 is 44.4 Å². The minimum absolute atomic E-state index is 0.0807. The van der Waals surface area contributed by atoms with Crippen LogP contribution < -0.4 is 0 Å². The van der Waals surface area contributed by atoms with E-state index in [4.69, 9.17) is 16.9 Å². The predicted octanol–water partition coefficient (Wildman–Crippen LogP) is 6.81. The lowest BCUT2D eigenvalue weighted by atomic mass is 10.0. The molecule has 0 fully saturated rings. The van der Waals surface area contributed by atoms with E-state index in [2.05, 4.69) is 4.84 Å². The minimum Gasteiger partial charge on any atom is -0.327 e. The average molecular weight is 477 g/mol. The summed E-state index contributed by atoms with van der Waals surface area (Å²) in [5.74, 6) is 0. The zero-order valence-electron chi connectivity index (χ0n) is 15.0. The molecular weight excluding hydrogens is 467 g/mol. The highest BCUT2D eigenvalue weighted by Gasteiger charge is 2.37. The second-order valence-electron chi connectivity index (χ2n) is 6.20. The Hall–Kier alpha value is -2.65. The van der Waals surface area contributed by atoms with E-state index in [0.29, 0.717) is 29.3 Å². The number of nitriles is 1. The quantitative estimate of drug-likeness (QED) is 0.270. The molecule has 0 atom stereocenters. The van der Waals surface area contributed by atoms with Crippen LogP contribution in [-0.2, 0) is 36.5 Å². The molecule has 0 amide bonds. The van der Waals surface area contributed by atoms with Crippen LogP contribution in [-0.4, -0.2) is 5.06 Å². The second kappa shape index (κ2) is 8.84. The van der Waals surface area contributed by atoms with Gasteiger partial charge in [0.2, 0.25) is 0 Å². The molecule has 0 aliphatic rings. The molecule has 0 bridgehead atoms. The number of benzene rings is 2. The predicted molar refractivity (Wildman–Crippen MR) is 88.8 cm³/mol. The normalized spacial score (nSPS) is 12.7. The van der Waals surface area contributed by atoms with Gasteiger partial charge in [-0.05, 0) is 47.5 Å². The van der Waals surface area contributed by atoms with Crippen LogP contribution in [0.25, 0.3) is 0 Å². The molecule has 0 N–H and O–H groups in total. The molecule has 0 aromatic heterocycles. The van der Waals surface area contributed by atoms with Crippen molar-refractivity contribution in [1.82, 2.24) is 5.06 Å². The largest absolute Gasteiger partial charge is 0.416 e. The van der Waals surface area contributed by atoms with E-state index in [1.54, 1.807) is 0 Å².